The van der Waals surface area contributed by atoms with Gasteiger partial charge in [-0.1, -0.05) is 24.3 Å². The highest BCUT2D eigenvalue weighted by atomic mass is 16.3. The number of hydrogen-bond donors (Lipinski definition) is 1. The first-order valence-electron chi connectivity index (χ1n) is 5.70. The predicted molar refractivity (Wildman–Crippen MR) is 63.0 cm³/mol. The van der Waals surface area contributed by atoms with Crippen LogP contribution in [0.5, 0.6) is 0 Å². The summed E-state index contributed by atoms with van der Waals surface area (Å²) in [5.74, 6) is 1.51. The van der Waals surface area contributed by atoms with Gasteiger partial charge < -0.3 is 10.2 Å². The predicted octanol–water partition coefficient (Wildman–Crippen LogP) is 2.69. The van der Waals surface area contributed by atoms with Crippen molar-refractivity contribution in [3.05, 3.63) is 59.5 Å². The van der Waals surface area contributed by atoms with Crippen LogP contribution in [0, 0.1) is 5.92 Å². The number of benzene rings is 1. The molecule has 0 fully saturated rings. The average Bonchev–Trinajstić information content (AvgIpc) is 2.90. The molecule has 1 aliphatic carbocycles. The van der Waals surface area contributed by atoms with E-state index in [1.165, 1.54) is 11.1 Å². The second-order valence-electron chi connectivity index (χ2n) is 4.47. The fourth-order valence-corrected chi connectivity index (χ4v) is 2.59. The highest BCUT2D eigenvalue weighted by Crippen LogP contribution is 2.36. The van der Waals surface area contributed by atoms with E-state index in [9.17, 15) is 0 Å². The molecule has 0 bridgehead atoms. The molecule has 2 aromatic rings. The molecule has 2 heteroatoms. The maximum Gasteiger partial charge on any atom is 0.104 e. The van der Waals surface area contributed by atoms with E-state index in [0.717, 1.165) is 18.6 Å². The Morgan fingerprint density at radius 1 is 1.19 bits per heavy atom. The number of nitrogens with two attached hydrogens (primary N) is 1. The van der Waals surface area contributed by atoms with E-state index in [1.54, 1.807) is 6.26 Å². The summed E-state index contributed by atoms with van der Waals surface area (Å²) in [7, 11) is 0. The van der Waals surface area contributed by atoms with Crippen molar-refractivity contribution >= 4 is 0 Å². The summed E-state index contributed by atoms with van der Waals surface area (Å²) in [5.41, 5.74) is 8.97. The van der Waals surface area contributed by atoms with E-state index >= 15 is 0 Å². The Balaban J connectivity index is 1.82. The fraction of sp³-hybridized carbons (Fsp3) is 0.286. The van der Waals surface area contributed by atoms with Crippen LogP contribution < -0.4 is 5.73 Å². The monoisotopic (exact) mass is 213 g/mol. The maximum atomic E-state index is 6.27. The van der Waals surface area contributed by atoms with Gasteiger partial charge in [0.25, 0.3) is 0 Å². The SMILES string of the molecule is NC1c2ccccc2CC1Cc1ccco1. The molecule has 0 radical (unpaired) electrons. The second kappa shape index (κ2) is 3.80. The first-order chi connectivity index (χ1) is 7.84. The van der Waals surface area contributed by atoms with Crippen LogP contribution in [0.25, 0.3) is 0 Å². The summed E-state index contributed by atoms with van der Waals surface area (Å²) in [6.07, 6.45) is 3.73. The van der Waals surface area contributed by atoms with E-state index in [-0.39, 0.29) is 6.04 Å². The molecule has 3 rings (SSSR count). The molecule has 0 saturated carbocycles. The minimum atomic E-state index is 0.154. The lowest BCUT2D eigenvalue weighted by atomic mass is 9.96. The molecule has 1 aliphatic rings. The first-order valence-corrected chi connectivity index (χ1v) is 5.70. The normalized spacial score (nSPS) is 23.3. The summed E-state index contributed by atoms with van der Waals surface area (Å²) in [6, 6.07) is 12.6. The third-order valence-electron chi connectivity index (χ3n) is 3.45. The van der Waals surface area contributed by atoms with Gasteiger partial charge in [-0.2, -0.15) is 0 Å². The highest BCUT2D eigenvalue weighted by molar-refractivity contribution is 5.35. The van der Waals surface area contributed by atoms with Gasteiger partial charge in [0.1, 0.15) is 5.76 Å². The minimum absolute atomic E-state index is 0.154. The van der Waals surface area contributed by atoms with Crippen molar-refractivity contribution in [1.82, 2.24) is 0 Å². The van der Waals surface area contributed by atoms with Gasteiger partial charge in [0.2, 0.25) is 0 Å². The number of furan rings is 1. The largest absolute Gasteiger partial charge is 0.469 e. The van der Waals surface area contributed by atoms with Crippen molar-refractivity contribution in [3.63, 3.8) is 0 Å². The number of hydrogen-bond acceptors (Lipinski definition) is 2. The average molecular weight is 213 g/mol. The molecule has 1 heterocycles. The molecule has 0 spiro atoms. The molecule has 2 unspecified atom stereocenters. The molecule has 2 atom stereocenters. The van der Waals surface area contributed by atoms with Crippen molar-refractivity contribution in [2.45, 2.75) is 18.9 Å². The Kier molecular flexibility index (Phi) is 2.29. The summed E-state index contributed by atoms with van der Waals surface area (Å²) < 4.78 is 5.39. The zero-order valence-electron chi connectivity index (χ0n) is 9.10. The van der Waals surface area contributed by atoms with Gasteiger partial charge in [-0.15, -0.1) is 0 Å². The Morgan fingerprint density at radius 3 is 2.81 bits per heavy atom. The number of fused-ring (bicyclic) bond motifs is 1. The molecular formula is C14H15NO. The second-order valence-corrected chi connectivity index (χ2v) is 4.47. The van der Waals surface area contributed by atoms with E-state index < -0.39 is 0 Å². The van der Waals surface area contributed by atoms with Crippen molar-refractivity contribution in [1.29, 1.82) is 0 Å². The van der Waals surface area contributed by atoms with Crippen LogP contribution in [-0.4, -0.2) is 0 Å². The van der Waals surface area contributed by atoms with Gasteiger partial charge in [0, 0.05) is 12.5 Å². The van der Waals surface area contributed by atoms with E-state index in [1.807, 2.05) is 12.1 Å². The van der Waals surface area contributed by atoms with Gasteiger partial charge in [-0.3, -0.25) is 0 Å². The summed E-state index contributed by atoms with van der Waals surface area (Å²) in [4.78, 5) is 0. The van der Waals surface area contributed by atoms with Crippen LogP contribution in [0.2, 0.25) is 0 Å². The van der Waals surface area contributed by atoms with E-state index in [2.05, 4.69) is 24.3 Å². The highest BCUT2D eigenvalue weighted by Gasteiger charge is 2.29. The van der Waals surface area contributed by atoms with Gasteiger partial charge >= 0.3 is 0 Å². The topological polar surface area (TPSA) is 39.2 Å². The van der Waals surface area contributed by atoms with Crippen LogP contribution in [0.4, 0.5) is 0 Å². The standard InChI is InChI=1S/C14H15NO/c15-14-11(9-12-5-3-7-16-12)8-10-4-1-2-6-13(10)14/h1-7,11,14H,8-9,15H2. The van der Waals surface area contributed by atoms with Gasteiger partial charge in [0.15, 0.2) is 0 Å². The van der Waals surface area contributed by atoms with Crippen LogP contribution in [0.15, 0.2) is 47.1 Å². The molecule has 0 aliphatic heterocycles. The summed E-state index contributed by atoms with van der Waals surface area (Å²) in [5, 5.41) is 0. The molecule has 2 N–H and O–H groups in total. The van der Waals surface area contributed by atoms with Crippen molar-refractivity contribution < 1.29 is 4.42 Å². The molecule has 0 saturated heterocycles. The van der Waals surface area contributed by atoms with Crippen LogP contribution in [-0.2, 0) is 12.8 Å². The Labute approximate surface area is 95.1 Å². The fourth-order valence-electron chi connectivity index (χ4n) is 2.59. The molecule has 0 amide bonds. The van der Waals surface area contributed by atoms with E-state index in [0.29, 0.717) is 5.92 Å². The third kappa shape index (κ3) is 1.55. The number of rotatable bonds is 2. The molecule has 1 aromatic carbocycles. The van der Waals surface area contributed by atoms with Gasteiger partial charge in [0.05, 0.1) is 6.26 Å². The van der Waals surface area contributed by atoms with E-state index in [4.69, 9.17) is 10.2 Å². The Hall–Kier alpha value is -1.54. The van der Waals surface area contributed by atoms with Crippen LogP contribution in [0.3, 0.4) is 0 Å². The summed E-state index contributed by atoms with van der Waals surface area (Å²) >= 11 is 0. The maximum absolute atomic E-state index is 6.27. The lowest BCUT2D eigenvalue weighted by molar-refractivity contribution is 0.407. The molecule has 16 heavy (non-hydrogen) atoms. The zero-order chi connectivity index (χ0) is 11.0. The van der Waals surface area contributed by atoms with Crippen molar-refractivity contribution in [2.75, 3.05) is 0 Å². The van der Waals surface area contributed by atoms with Gasteiger partial charge in [-0.05, 0) is 35.6 Å². The van der Waals surface area contributed by atoms with Crippen LogP contribution in [0.1, 0.15) is 22.9 Å². The molecule has 2 nitrogen and oxygen atoms in total. The van der Waals surface area contributed by atoms with Crippen LogP contribution >= 0.6 is 0 Å². The van der Waals surface area contributed by atoms with Gasteiger partial charge in [-0.25, -0.2) is 0 Å². The lowest BCUT2D eigenvalue weighted by Gasteiger charge is -2.14. The Morgan fingerprint density at radius 2 is 2.06 bits per heavy atom. The smallest absolute Gasteiger partial charge is 0.104 e. The molecular weight excluding hydrogens is 198 g/mol. The lowest BCUT2D eigenvalue weighted by Crippen LogP contribution is -2.18. The van der Waals surface area contributed by atoms with Crippen molar-refractivity contribution in [3.8, 4) is 0 Å². The quantitative estimate of drug-likeness (QED) is 0.833. The first kappa shape index (κ1) is 9.67. The molecule has 1 aromatic heterocycles. The molecule has 82 valence electrons. The Bertz CT molecular complexity index is 473. The van der Waals surface area contributed by atoms with Crippen molar-refractivity contribution in [2.24, 2.45) is 11.7 Å². The summed E-state index contributed by atoms with van der Waals surface area (Å²) in [6.45, 7) is 0. The zero-order valence-corrected chi connectivity index (χ0v) is 9.10. The minimum Gasteiger partial charge on any atom is -0.469 e. The third-order valence-corrected chi connectivity index (χ3v) is 3.45.